The zero-order chi connectivity index (χ0) is 19.1. The lowest BCUT2D eigenvalue weighted by Gasteiger charge is -2.16. The van der Waals surface area contributed by atoms with Gasteiger partial charge >= 0.3 is 0 Å². The molecule has 3 aromatic rings. The summed E-state index contributed by atoms with van der Waals surface area (Å²) in [6, 6.07) is 11.2. The number of nitrogens with one attached hydrogen (secondary N) is 1. The molecule has 2 amide bonds. The van der Waals surface area contributed by atoms with Crippen LogP contribution < -0.4 is 10.2 Å². The van der Waals surface area contributed by atoms with Crippen LogP contribution in [-0.4, -0.2) is 23.3 Å². The predicted octanol–water partition coefficient (Wildman–Crippen LogP) is 4.19. The Hall–Kier alpha value is -2.99. The minimum Gasteiger partial charge on any atom is -0.322 e. The van der Waals surface area contributed by atoms with E-state index in [0.717, 1.165) is 17.7 Å². The molecule has 136 valence electrons. The van der Waals surface area contributed by atoms with Crippen molar-refractivity contribution in [2.75, 3.05) is 16.8 Å². The first-order chi connectivity index (χ1) is 12.9. The van der Waals surface area contributed by atoms with Gasteiger partial charge in [-0.25, -0.2) is 9.37 Å². The minimum atomic E-state index is -0.425. The monoisotopic (exact) mass is 383 g/mol. The molecular weight excluding hydrogens is 369 g/mol. The van der Waals surface area contributed by atoms with Crippen molar-refractivity contribution in [3.63, 3.8) is 0 Å². The van der Waals surface area contributed by atoms with E-state index in [9.17, 15) is 14.0 Å². The molecule has 2 heterocycles. The number of amides is 2. The maximum atomic E-state index is 13.3. The van der Waals surface area contributed by atoms with Gasteiger partial charge in [0.05, 0.1) is 11.1 Å². The van der Waals surface area contributed by atoms with Gasteiger partial charge in [0, 0.05) is 36.3 Å². The quantitative estimate of drug-likeness (QED) is 0.675. The summed E-state index contributed by atoms with van der Waals surface area (Å²) >= 11 is 6.13. The molecule has 1 N–H and O–H groups in total. The van der Waals surface area contributed by atoms with Crippen LogP contribution in [0, 0.1) is 5.82 Å². The van der Waals surface area contributed by atoms with Crippen molar-refractivity contribution in [1.29, 1.82) is 0 Å². The highest BCUT2D eigenvalue weighted by Gasteiger charge is 2.23. The molecule has 0 aliphatic carbocycles. The molecule has 0 radical (unpaired) electrons. The second-order valence-corrected chi connectivity index (χ2v) is 6.74. The maximum Gasteiger partial charge on any atom is 0.258 e. The minimum absolute atomic E-state index is 0.00266. The first-order valence-electron chi connectivity index (χ1n) is 8.40. The van der Waals surface area contributed by atoms with E-state index in [4.69, 9.17) is 11.6 Å². The van der Waals surface area contributed by atoms with E-state index >= 15 is 0 Å². The SMILES string of the molecule is CC(=O)N1CCc2ccc(NC(=O)c3cc4ccc(F)cc4nc3Cl)cc21. The molecule has 2 aromatic carbocycles. The molecule has 27 heavy (non-hydrogen) atoms. The average Bonchev–Trinajstić information content (AvgIpc) is 3.04. The normalized spacial score (nSPS) is 12.9. The predicted molar refractivity (Wildman–Crippen MR) is 103 cm³/mol. The van der Waals surface area contributed by atoms with Crippen molar-refractivity contribution < 1.29 is 14.0 Å². The van der Waals surface area contributed by atoms with Crippen LogP contribution in [-0.2, 0) is 11.2 Å². The van der Waals surface area contributed by atoms with Crippen molar-refractivity contribution in [3.8, 4) is 0 Å². The zero-order valence-electron chi connectivity index (χ0n) is 14.4. The van der Waals surface area contributed by atoms with Gasteiger partial charge in [-0.15, -0.1) is 0 Å². The number of anilines is 2. The van der Waals surface area contributed by atoms with Gasteiger partial charge in [0.25, 0.3) is 5.91 Å². The van der Waals surface area contributed by atoms with Crippen molar-refractivity contribution >= 4 is 45.7 Å². The Labute approximate surface area is 159 Å². The van der Waals surface area contributed by atoms with E-state index < -0.39 is 11.7 Å². The Bertz CT molecular complexity index is 1100. The molecular formula is C20H15ClFN3O2. The lowest BCUT2D eigenvalue weighted by Crippen LogP contribution is -2.25. The second kappa shape index (κ2) is 6.63. The van der Waals surface area contributed by atoms with Gasteiger partial charge in [-0.05, 0) is 42.3 Å². The lowest BCUT2D eigenvalue weighted by atomic mass is 10.1. The molecule has 0 unspecified atom stereocenters. The number of benzene rings is 2. The Morgan fingerprint density at radius 2 is 2.00 bits per heavy atom. The summed E-state index contributed by atoms with van der Waals surface area (Å²) in [6.07, 6.45) is 0.792. The van der Waals surface area contributed by atoms with Crippen LogP contribution >= 0.6 is 11.6 Å². The Morgan fingerprint density at radius 3 is 2.78 bits per heavy atom. The van der Waals surface area contributed by atoms with Gasteiger partial charge in [-0.3, -0.25) is 9.59 Å². The summed E-state index contributed by atoms with van der Waals surface area (Å²) in [5.41, 5.74) is 3.00. The fourth-order valence-corrected chi connectivity index (χ4v) is 3.49. The molecule has 1 aliphatic heterocycles. The van der Waals surface area contributed by atoms with Crippen LogP contribution in [0.3, 0.4) is 0 Å². The molecule has 0 saturated carbocycles. The summed E-state index contributed by atoms with van der Waals surface area (Å²) in [5, 5.41) is 3.40. The summed E-state index contributed by atoms with van der Waals surface area (Å²) in [4.78, 5) is 30.2. The van der Waals surface area contributed by atoms with Gasteiger partial charge in [0.15, 0.2) is 0 Å². The van der Waals surface area contributed by atoms with E-state index in [-0.39, 0.29) is 16.6 Å². The molecule has 0 bridgehead atoms. The summed E-state index contributed by atoms with van der Waals surface area (Å²) < 4.78 is 13.3. The van der Waals surface area contributed by atoms with Gasteiger partial charge < -0.3 is 10.2 Å². The van der Waals surface area contributed by atoms with Crippen LogP contribution in [0.15, 0.2) is 42.5 Å². The third kappa shape index (κ3) is 3.24. The standard InChI is InChI=1S/C20H15ClFN3O2/c1-11(26)25-7-6-12-3-5-15(10-18(12)25)23-20(27)16-8-13-2-4-14(22)9-17(13)24-19(16)21/h2-5,8-10H,6-7H2,1H3,(H,23,27). The first kappa shape index (κ1) is 17.4. The summed E-state index contributed by atoms with van der Waals surface area (Å²) in [7, 11) is 0. The Morgan fingerprint density at radius 1 is 1.19 bits per heavy atom. The number of hydrogen-bond acceptors (Lipinski definition) is 3. The number of rotatable bonds is 2. The van der Waals surface area contributed by atoms with E-state index in [2.05, 4.69) is 10.3 Å². The summed E-state index contributed by atoms with van der Waals surface area (Å²) in [6.45, 7) is 2.16. The summed E-state index contributed by atoms with van der Waals surface area (Å²) in [5.74, 6) is -0.881. The highest BCUT2D eigenvalue weighted by Crippen LogP contribution is 2.31. The highest BCUT2D eigenvalue weighted by molar-refractivity contribution is 6.33. The lowest BCUT2D eigenvalue weighted by molar-refractivity contribution is -0.116. The molecule has 0 fully saturated rings. The molecule has 1 aromatic heterocycles. The molecule has 0 saturated heterocycles. The number of aromatic nitrogens is 1. The number of carbonyl (C=O) groups is 2. The van der Waals surface area contributed by atoms with Crippen molar-refractivity contribution in [2.24, 2.45) is 0 Å². The Balaban J connectivity index is 1.64. The number of pyridine rings is 1. The molecule has 5 nitrogen and oxygen atoms in total. The second-order valence-electron chi connectivity index (χ2n) is 6.38. The van der Waals surface area contributed by atoms with Crippen LogP contribution in [0.4, 0.5) is 15.8 Å². The van der Waals surface area contributed by atoms with Crippen LogP contribution in [0.1, 0.15) is 22.8 Å². The van der Waals surface area contributed by atoms with E-state index in [1.54, 1.807) is 29.2 Å². The maximum absolute atomic E-state index is 13.3. The number of hydrogen-bond donors (Lipinski definition) is 1. The molecule has 0 spiro atoms. The number of carbonyl (C=O) groups excluding carboxylic acids is 2. The van der Waals surface area contributed by atoms with Crippen LogP contribution in [0.2, 0.25) is 5.15 Å². The van der Waals surface area contributed by atoms with Crippen molar-refractivity contribution in [3.05, 3.63) is 64.6 Å². The van der Waals surface area contributed by atoms with E-state index in [1.165, 1.54) is 19.1 Å². The molecule has 0 atom stereocenters. The largest absolute Gasteiger partial charge is 0.322 e. The van der Waals surface area contributed by atoms with Gasteiger partial charge in [0.2, 0.25) is 5.91 Å². The topological polar surface area (TPSA) is 62.3 Å². The third-order valence-electron chi connectivity index (χ3n) is 4.60. The van der Waals surface area contributed by atoms with Crippen molar-refractivity contribution in [1.82, 2.24) is 4.98 Å². The zero-order valence-corrected chi connectivity index (χ0v) is 15.2. The van der Waals surface area contributed by atoms with Gasteiger partial charge in [-0.2, -0.15) is 0 Å². The number of halogens is 2. The molecule has 4 rings (SSSR count). The number of nitrogens with zero attached hydrogens (tertiary/aromatic N) is 2. The Kier molecular flexibility index (Phi) is 4.28. The average molecular weight is 384 g/mol. The first-order valence-corrected chi connectivity index (χ1v) is 8.78. The van der Waals surface area contributed by atoms with Crippen LogP contribution in [0.5, 0.6) is 0 Å². The van der Waals surface area contributed by atoms with Gasteiger partial charge in [0.1, 0.15) is 11.0 Å². The third-order valence-corrected chi connectivity index (χ3v) is 4.88. The fraction of sp³-hybridized carbons (Fsp3) is 0.150. The smallest absolute Gasteiger partial charge is 0.258 e. The molecule has 1 aliphatic rings. The van der Waals surface area contributed by atoms with E-state index in [1.807, 2.05) is 6.07 Å². The molecule has 7 heteroatoms. The van der Waals surface area contributed by atoms with Crippen LogP contribution in [0.25, 0.3) is 10.9 Å². The van der Waals surface area contributed by atoms with Gasteiger partial charge in [-0.1, -0.05) is 17.7 Å². The number of fused-ring (bicyclic) bond motifs is 2. The van der Waals surface area contributed by atoms with E-state index in [0.29, 0.717) is 23.1 Å². The van der Waals surface area contributed by atoms with Crippen molar-refractivity contribution in [2.45, 2.75) is 13.3 Å². The highest BCUT2D eigenvalue weighted by atomic mass is 35.5. The fourth-order valence-electron chi connectivity index (χ4n) is 3.26.